The molecule has 0 bridgehead atoms. The lowest BCUT2D eigenvalue weighted by molar-refractivity contribution is -0.149. The number of thioether (sulfide) groups is 1. The first kappa shape index (κ1) is 13.4. The summed E-state index contributed by atoms with van der Waals surface area (Å²) in [5.74, 6) is 0.369. The minimum absolute atomic E-state index is 0.354. The van der Waals surface area contributed by atoms with Gasteiger partial charge in [0.15, 0.2) is 4.34 Å². The molecule has 1 aromatic rings. The summed E-state index contributed by atoms with van der Waals surface area (Å²) in [6.45, 7) is 3.81. The molecule has 0 spiro atoms. The van der Waals surface area contributed by atoms with Gasteiger partial charge in [-0.05, 0) is 31.8 Å². The summed E-state index contributed by atoms with van der Waals surface area (Å²) in [6.07, 6.45) is 2.07. The van der Waals surface area contributed by atoms with Crippen LogP contribution in [-0.4, -0.2) is 33.2 Å². The number of hydrogen-bond donors (Lipinski definition) is 1. The van der Waals surface area contributed by atoms with Crippen LogP contribution >= 0.6 is 23.3 Å². The Balaban J connectivity index is 2.33. The summed E-state index contributed by atoms with van der Waals surface area (Å²) in [6, 6.07) is 0. The van der Waals surface area contributed by atoms with Gasteiger partial charge in [-0.15, -0.1) is 0 Å². The van der Waals surface area contributed by atoms with Gasteiger partial charge in [0.2, 0.25) is 0 Å². The molecular formula is C9H15N3O2S2. The smallest absolute Gasteiger partial charge is 0.325 e. The lowest BCUT2D eigenvalue weighted by Gasteiger charge is -2.21. The van der Waals surface area contributed by atoms with Crippen molar-refractivity contribution in [3.63, 3.8) is 0 Å². The molecule has 1 aromatic heterocycles. The third-order valence-electron chi connectivity index (χ3n) is 1.93. The molecule has 0 amide bonds. The summed E-state index contributed by atoms with van der Waals surface area (Å²) in [7, 11) is 0. The molecule has 1 rings (SSSR count). The summed E-state index contributed by atoms with van der Waals surface area (Å²) in [5.41, 5.74) is 4.94. The van der Waals surface area contributed by atoms with E-state index in [1.54, 1.807) is 25.6 Å². The van der Waals surface area contributed by atoms with Crippen molar-refractivity contribution in [3.05, 3.63) is 6.33 Å². The van der Waals surface area contributed by atoms with E-state index in [1.807, 2.05) is 0 Å². The van der Waals surface area contributed by atoms with Crippen molar-refractivity contribution in [2.45, 2.75) is 30.1 Å². The number of nitrogens with two attached hydrogens (primary N) is 1. The number of carbonyl (C=O) groups is 1. The van der Waals surface area contributed by atoms with Crippen LogP contribution in [-0.2, 0) is 9.53 Å². The Morgan fingerprint density at radius 1 is 1.75 bits per heavy atom. The van der Waals surface area contributed by atoms with Crippen LogP contribution in [0.25, 0.3) is 0 Å². The number of esters is 1. The fraction of sp³-hybridized carbons (Fsp3) is 0.667. The normalized spacial score (nSPS) is 14.4. The molecule has 1 heterocycles. The highest BCUT2D eigenvalue weighted by Gasteiger charge is 2.29. The maximum atomic E-state index is 11.5. The van der Waals surface area contributed by atoms with Gasteiger partial charge in [-0.25, -0.2) is 4.98 Å². The van der Waals surface area contributed by atoms with Crippen molar-refractivity contribution >= 4 is 29.3 Å². The van der Waals surface area contributed by atoms with Crippen LogP contribution in [0.2, 0.25) is 0 Å². The van der Waals surface area contributed by atoms with Crippen molar-refractivity contribution in [1.82, 2.24) is 9.36 Å². The fourth-order valence-corrected chi connectivity index (χ4v) is 2.67. The van der Waals surface area contributed by atoms with E-state index in [9.17, 15) is 4.79 Å². The molecule has 1 unspecified atom stereocenters. The van der Waals surface area contributed by atoms with E-state index in [4.69, 9.17) is 10.5 Å². The molecule has 0 saturated carbocycles. The molecule has 2 N–H and O–H groups in total. The van der Waals surface area contributed by atoms with Gasteiger partial charge in [-0.3, -0.25) is 4.79 Å². The van der Waals surface area contributed by atoms with E-state index in [-0.39, 0.29) is 5.97 Å². The minimum atomic E-state index is -0.923. The average molecular weight is 261 g/mol. The molecule has 5 nitrogen and oxygen atoms in total. The SMILES string of the molecule is CCOC(=O)C(C)(N)CCSc1ncns1. The standard InChI is InChI=1S/C9H15N3O2S2/c1-3-14-7(13)9(2,10)4-5-15-8-11-6-12-16-8/h6H,3-5,10H2,1-2H3. The van der Waals surface area contributed by atoms with Crippen molar-refractivity contribution in [1.29, 1.82) is 0 Å². The van der Waals surface area contributed by atoms with Crippen molar-refractivity contribution < 1.29 is 9.53 Å². The first-order valence-electron chi connectivity index (χ1n) is 4.92. The molecule has 0 aliphatic carbocycles. The average Bonchev–Trinajstić information content (AvgIpc) is 2.70. The number of carbonyl (C=O) groups excluding carboxylic acids is 1. The van der Waals surface area contributed by atoms with Crippen LogP contribution in [0.5, 0.6) is 0 Å². The quantitative estimate of drug-likeness (QED) is 0.614. The van der Waals surface area contributed by atoms with Gasteiger partial charge in [0.05, 0.1) is 6.61 Å². The van der Waals surface area contributed by atoms with Crippen molar-refractivity contribution in [2.75, 3.05) is 12.4 Å². The molecule has 0 saturated heterocycles. The van der Waals surface area contributed by atoms with Crippen molar-refractivity contribution in [3.8, 4) is 0 Å². The zero-order valence-electron chi connectivity index (χ0n) is 9.30. The molecule has 7 heteroatoms. The Hall–Kier alpha value is -0.660. The van der Waals surface area contributed by atoms with E-state index < -0.39 is 5.54 Å². The predicted octanol–water partition coefficient (Wildman–Crippen LogP) is 1.30. The lowest BCUT2D eigenvalue weighted by atomic mass is 10.0. The van der Waals surface area contributed by atoms with Gasteiger partial charge in [0.1, 0.15) is 11.9 Å². The van der Waals surface area contributed by atoms with E-state index in [0.717, 1.165) is 10.1 Å². The van der Waals surface area contributed by atoms with Gasteiger partial charge in [0.25, 0.3) is 0 Å². The Bertz CT molecular complexity index is 328. The fourth-order valence-electron chi connectivity index (χ4n) is 0.975. The molecule has 0 aliphatic rings. The molecule has 90 valence electrons. The Morgan fingerprint density at radius 2 is 2.50 bits per heavy atom. The minimum Gasteiger partial charge on any atom is -0.465 e. The van der Waals surface area contributed by atoms with Crippen LogP contribution in [0, 0.1) is 0 Å². The summed E-state index contributed by atoms with van der Waals surface area (Å²) < 4.78 is 9.67. The van der Waals surface area contributed by atoms with E-state index in [2.05, 4.69) is 9.36 Å². The van der Waals surface area contributed by atoms with Gasteiger partial charge in [-0.2, -0.15) is 4.37 Å². The Morgan fingerprint density at radius 3 is 3.06 bits per heavy atom. The van der Waals surface area contributed by atoms with Crippen molar-refractivity contribution in [2.24, 2.45) is 5.73 Å². The zero-order valence-corrected chi connectivity index (χ0v) is 10.9. The number of nitrogens with zero attached hydrogens (tertiary/aromatic N) is 2. The summed E-state index contributed by atoms with van der Waals surface area (Å²) in [5, 5.41) is 0. The van der Waals surface area contributed by atoms with E-state index in [0.29, 0.717) is 13.0 Å². The monoisotopic (exact) mass is 261 g/mol. The Labute approximate surface area is 103 Å². The largest absolute Gasteiger partial charge is 0.465 e. The third-order valence-corrected chi connectivity index (χ3v) is 3.73. The van der Waals surface area contributed by atoms with Crippen LogP contribution in [0.3, 0.4) is 0 Å². The molecule has 0 aliphatic heterocycles. The third kappa shape index (κ3) is 4.07. The molecule has 1 atom stereocenters. The second-order valence-electron chi connectivity index (χ2n) is 3.44. The molecular weight excluding hydrogens is 246 g/mol. The first-order valence-corrected chi connectivity index (χ1v) is 6.67. The molecule has 0 fully saturated rings. The lowest BCUT2D eigenvalue weighted by Crippen LogP contribution is -2.46. The second kappa shape index (κ2) is 6.17. The van der Waals surface area contributed by atoms with Gasteiger partial charge in [-0.1, -0.05) is 11.8 Å². The van der Waals surface area contributed by atoms with Crippen LogP contribution in [0.4, 0.5) is 0 Å². The topological polar surface area (TPSA) is 78.1 Å². The van der Waals surface area contributed by atoms with Gasteiger partial charge in [0, 0.05) is 5.75 Å². The highest BCUT2D eigenvalue weighted by molar-refractivity contribution is 8.00. The molecule has 0 radical (unpaired) electrons. The first-order chi connectivity index (χ1) is 7.56. The number of hydrogen-bond acceptors (Lipinski definition) is 7. The van der Waals surface area contributed by atoms with Gasteiger partial charge >= 0.3 is 5.97 Å². The summed E-state index contributed by atoms with van der Waals surface area (Å²) >= 11 is 2.88. The number of aromatic nitrogens is 2. The molecule has 16 heavy (non-hydrogen) atoms. The second-order valence-corrected chi connectivity index (χ2v) is 5.57. The Kier molecular flexibility index (Phi) is 5.17. The highest BCUT2D eigenvalue weighted by atomic mass is 32.2. The maximum absolute atomic E-state index is 11.5. The maximum Gasteiger partial charge on any atom is 0.325 e. The molecule has 0 aromatic carbocycles. The predicted molar refractivity (Wildman–Crippen MR) is 64.5 cm³/mol. The number of ether oxygens (including phenoxy) is 1. The number of rotatable bonds is 6. The zero-order chi connectivity index (χ0) is 12.0. The van der Waals surface area contributed by atoms with Crippen LogP contribution in [0.15, 0.2) is 10.7 Å². The highest BCUT2D eigenvalue weighted by Crippen LogP contribution is 2.21. The van der Waals surface area contributed by atoms with E-state index >= 15 is 0 Å². The van der Waals surface area contributed by atoms with Crippen LogP contribution < -0.4 is 5.73 Å². The summed E-state index contributed by atoms with van der Waals surface area (Å²) in [4.78, 5) is 15.5. The van der Waals surface area contributed by atoms with Crippen LogP contribution in [0.1, 0.15) is 20.3 Å². The van der Waals surface area contributed by atoms with E-state index in [1.165, 1.54) is 17.9 Å². The van der Waals surface area contributed by atoms with Gasteiger partial charge < -0.3 is 10.5 Å².